The van der Waals surface area contributed by atoms with Crippen LogP contribution < -0.4 is 5.32 Å². The molecule has 2 aliphatic rings. The highest BCUT2D eigenvalue weighted by Gasteiger charge is 2.29. The monoisotopic (exact) mass is 490 g/mol. The number of hydrogen-bond acceptors (Lipinski definition) is 6. The SMILES string of the molecule is CCC[C@H](C)Nc1ncc2c(C3CCN(C(=O)c4ccncc4)CC3)cn(C3CCC(O)CC3)c2n1. The molecule has 4 heterocycles. The van der Waals surface area contributed by atoms with Gasteiger partial charge in [0.05, 0.1) is 6.10 Å². The molecule has 0 aromatic carbocycles. The number of likely N-dealkylation sites (tertiary alicyclic amines) is 1. The lowest BCUT2D eigenvalue weighted by molar-refractivity contribution is 0.0713. The first-order valence-electron chi connectivity index (χ1n) is 13.5. The average Bonchev–Trinajstić information content (AvgIpc) is 3.28. The fourth-order valence-electron chi connectivity index (χ4n) is 5.86. The zero-order valence-electron chi connectivity index (χ0n) is 21.4. The fraction of sp³-hybridized carbons (Fsp3) is 0.571. The van der Waals surface area contributed by atoms with Crippen LogP contribution >= 0.6 is 0 Å². The Balaban J connectivity index is 1.39. The van der Waals surface area contributed by atoms with Crippen LogP contribution in [0.3, 0.4) is 0 Å². The summed E-state index contributed by atoms with van der Waals surface area (Å²) < 4.78 is 2.35. The van der Waals surface area contributed by atoms with E-state index in [4.69, 9.17) is 9.97 Å². The number of aromatic nitrogens is 4. The molecule has 192 valence electrons. The Labute approximate surface area is 213 Å². The van der Waals surface area contributed by atoms with Crippen LogP contribution in [0.5, 0.6) is 0 Å². The molecule has 0 radical (unpaired) electrons. The van der Waals surface area contributed by atoms with Crippen molar-refractivity contribution >= 4 is 22.9 Å². The fourth-order valence-corrected chi connectivity index (χ4v) is 5.86. The van der Waals surface area contributed by atoms with Gasteiger partial charge in [-0.05, 0) is 75.5 Å². The number of anilines is 1. The smallest absolute Gasteiger partial charge is 0.253 e. The van der Waals surface area contributed by atoms with Crippen molar-refractivity contribution in [3.05, 3.63) is 48.0 Å². The van der Waals surface area contributed by atoms with Gasteiger partial charge in [-0.25, -0.2) is 4.98 Å². The molecule has 36 heavy (non-hydrogen) atoms. The highest BCUT2D eigenvalue weighted by Crippen LogP contribution is 2.38. The number of hydrogen-bond donors (Lipinski definition) is 2. The number of nitrogens with one attached hydrogen (secondary N) is 1. The molecule has 3 aromatic heterocycles. The lowest BCUT2D eigenvalue weighted by Crippen LogP contribution is -2.37. The summed E-state index contributed by atoms with van der Waals surface area (Å²) in [6.45, 7) is 5.84. The van der Waals surface area contributed by atoms with Crippen LogP contribution in [0.4, 0.5) is 5.95 Å². The van der Waals surface area contributed by atoms with Gasteiger partial charge in [0, 0.05) is 60.9 Å². The average molecular weight is 491 g/mol. The van der Waals surface area contributed by atoms with Crippen molar-refractivity contribution in [3.8, 4) is 0 Å². The van der Waals surface area contributed by atoms with E-state index in [2.05, 4.69) is 34.9 Å². The van der Waals surface area contributed by atoms with Crippen molar-refractivity contribution in [2.24, 2.45) is 0 Å². The van der Waals surface area contributed by atoms with E-state index in [1.807, 2.05) is 11.1 Å². The van der Waals surface area contributed by atoms with E-state index < -0.39 is 0 Å². The Bertz CT molecular complexity index is 1160. The Morgan fingerprint density at radius 3 is 2.56 bits per heavy atom. The second-order valence-electron chi connectivity index (χ2n) is 10.5. The number of carbonyl (C=O) groups excluding carboxylic acids is 1. The molecular weight excluding hydrogens is 452 g/mol. The van der Waals surface area contributed by atoms with Gasteiger partial charge in [0.15, 0.2) is 0 Å². The topological polar surface area (TPSA) is 96.2 Å². The van der Waals surface area contributed by atoms with Crippen molar-refractivity contribution in [2.45, 2.75) is 89.3 Å². The van der Waals surface area contributed by atoms with Gasteiger partial charge in [0.25, 0.3) is 5.91 Å². The standard InChI is InChI=1S/C28H38N6O2/c1-3-4-19(2)31-28-30-17-24-25(18-34(26(24)32-28)22-5-7-23(35)8-6-22)20-11-15-33(16-12-20)27(36)21-9-13-29-14-10-21/h9-10,13-14,17-20,22-23,35H,3-8,11-12,15-16H2,1-2H3,(H,30,31,32)/t19-,22?,23?/m0/s1. The molecule has 1 saturated carbocycles. The number of amides is 1. The molecule has 0 unspecified atom stereocenters. The minimum Gasteiger partial charge on any atom is -0.393 e. The van der Waals surface area contributed by atoms with E-state index in [0.29, 0.717) is 29.5 Å². The van der Waals surface area contributed by atoms with E-state index in [-0.39, 0.29) is 12.0 Å². The normalized spacial score (nSPS) is 22.0. The van der Waals surface area contributed by atoms with Crippen molar-refractivity contribution < 1.29 is 9.90 Å². The van der Waals surface area contributed by atoms with Gasteiger partial charge in [-0.2, -0.15) is 4.98 Å². The third-order valence-corrected chi connectivity index (χ3v) is 7.91. The van der Waals surface area contributed by atoms with Gasteiger partial charge in [-0.15, -0.1) is 0 Å². The van der Waals surface area contributed by atoms with Crippen molar-refractivity contribution in [1.29, 1.82) is 0 Å². The number of pyridine rings is 1. The third kappa shape index (κ3) is 5.24. The van der Waals surface area contributed by atoms with Crippen molar-refractivity contribution in [1.82, 2.24) is 24.4 Å². The van der Waals surface area contributed by atoms with Crippen molar-refractivity contribution in [3.63, 3.8) is 0 Å². The molecule has 5 rings (SSSR count). The van der Waals surface area contributed by atoms with Gasteiger partial charge in [0.1, 0.15) is 5.65 Å². The van der Waals surface area contributed by atoms with Crippen LogP contribution in [-0.4, -0.2) is 60.7 Å². The highest BCUT2D eigenvalue weighted by atomic mass is 16.3. The predicted octanol–water partition coefficient (Wildman–Crippen LogP) is 4.92. The van der Waals surface area contributed by atoms with E-state index in [9.17, 15) is 9.90 Å². The lowest BCUT2D eigenvalue weighted by Gasteiger charge is -2.32. The summed E-state index contributed by atoms with van der Waals surface area (Å²) in [4.78, 5) is 28.6. The second kappa shape index (κ2) is 10.9. The number of aliphatic hydroxyl groups excluding tert-OH is 1. The number of rotatable bonds is 7. The van der Waals surface area contributed by atoms with E-state index in [0.717, 1.165) is 75.5 Å². The zero-order chi connectivity index (χ0) is 25.1. The van der Waals surface area contributed by atoms with Gasteiger partial charge >= 0.3 is 0 Å². The number of aliphatic hydroxyl groups is 1. The van der Waals surface area contributed by atoms with Gasteiger partial charge < -0.3 is 19.9 Å². The molecule has 8 heteroatoms. The first kappa shape index (κ1) is 24.7. The molecule has 0 bridgehead atoms. The quantitative estimate of drug-likeness (QED) is 0.488. The Kier molecular flexibility index (Phi) is 7.51. The molecule has 1 saturated heterocycles. The molecule has 3 aromatic rings. The van der Waals surface area contributed by atoms with Crippen LogP contribution in [0, 0.1) is 0 Å². The number of fused-ring (bicyclic) bond motifs is 1. The maximum Gasteiger partial charge on any atom is 0.253 e. The maximum atomic E-state index is 12.9. The summed E-state index contributed by atoms with van der Waals surface area (Å²) in [5.41, 5.74) is 2.98. The minimum absolute atomic E-state index is 0.0827. The molecule has 1 amide bonds. The van der Waals surface area contributed by atoms with Crippen LogP contribution in [0.2, 0.25) is 0 Å². The first-order valence-corrected chi connectivity index (χ1v) is 13.5. The second-order valence-corrected chi connectivity index (χ2v) is 10.5. The molecule has 8 nitrogen and oxygen atoms in total. The molecule has 0 spiro atoms. The first-order chi connectivity index (χ1) is 17.5. The van der Waals surface area contributed by atoms with Gasteiger partial charge in [-0.1, -0.05) is 13.3 Å². The summed E-state index contributed by atoms with van der Waals surface area (Å²) in [5, 5.41) is 14.7. The summed E-state index contributed by atoms with van der Waals surface area (Å²) in [7, 11) is 0. The van der Waals surface area contributed by atoms with Crippen molar-refractivity contribution in [2.75, 3.05) is 18.4 Å². The number of nitrogens with zero attached hydrogens (tertiary/aromatic N) is 5. The summed E-state index contributed by atoms with van der Waals surface area (Å²) in [6.07, 6.45) is 15.1. The van der Waals surface area contributed by atoms with Gasteiger partial charge in [0.2, 0.25) is 5.95 Å². The van der Waals surface area contributed by atoms with E-state index in [1.54, 1.807) is 24.5 Å². The van der Waals surface area contributed by atoms with Crippen LogP contribution in [-0.2, 0) is 0 Å². The summed E-state index contributed by atoms with van der Waals surface area (Å²) in [6, 6.07) is 4.23. The Morgan fingerprint density at radius 2 is 1.86 bits per heavy atom. The number of piperidine rings is 1. The Hall–Kier alpha value is -3.00. The van der Waals surface area contributed by atoms with E-state index >= 15 is 0 Å². The largest absolute Gasteiger partial charge is 0.393 e. The molecule has 1 aliphatic heterocycles. The van der Waals surface area contributed by atoms with Crippen LogP contribution in [0.1, 0.15) is 93.1 Å². The summed E-state index contributed by atoms with van der Waals surface area (Å²) in [5.74, 6) is 1.13. The third-order valence-electron chi connectivity index (χ3n) is 7.91. The molecular formula is C28H38N6O2. The predicted molar refractivity (Wildman–Crippen MR) is 141 cm³/mol. The van der Waals surface area contributed by atoms with Crippen LogP contribution in [0.15, 0.2) is 36.9 Å². The zero-order valence-corrected chi connectivity index (χ0v) is 21.4. The van der Waals surface area contributed by atoms with Crippen LogP contribution in [0.25, 0.3) is 11.0 Å². The van der Waals surface area contributed by atoms with Gasteiger partial charge in [-0.3, -0.25) is 9.78 Å². The number of carbonyl (C=O) groups is 1. The highest BCUT2D eigenvalue weighted by molar-refractivity contribution is 5.94. The summed E-state index contributed by atoms with van der Waals surface area (Å²) >= 11 is 0. The maximum absolute atomic E-state index is 12.9. The Morgan fingerprint density at radius 1 is 1.14 bits per heavy atom. The lowest BCUT2D eigenvalue weighted by atomic mass is 9.89. The molecule has 2 N–H and O–H groups in total. The minimum atomic E-state index is -0.188. The van der Waals surface area contributed by atoms with E-state index in [1.165, 1.54) is 5.56 Å². The molecule has 1 atom stereocenters. The molecule has 2 fully saturated rings. The molecule has 1 aliphatic carbocycles.